The average molecular weight is 272 g/mol. The molecule has 4 nitrogen and oxygen atoms in total. The van der Waals surface area contributed by atoms with Crippen molar-refractivity contribution >= 4 is 17.5 Å². The van der Waals surface area contributed by atoms with Gasteiger partial charge in [0.2, 0.25) is 0 Å². The Balaban J connectivity index is 2.45. The molecule has 0 aliphatic rings. The highest BCUT2D eigenvalue weighted by Crippen LogP contribution is 2.14. The Labute approximate surface area is 112 Å². The van der Waals surface area contributed by atoms with Crippen molar-refractivity contribution in [3.63, 3.8) is 0 Å². The molecule has 100 valence electrons. The van der Waals surface area contributed by atoms with Crippen molar-refractivity contribution in [2.75, 3.05) is 20.3 Å². The van der Waals surface area contributed by atoms with Crippen molar-refractivity contribution in [2.24, 2.45) is 0 Å². The quantitative estimate of drug-likeness (QED) is 0.829. The van der Waals surface area contributed by atoms with E-state index < -0.39 is 6.10 Å². The highest BCUT2D eigenvalue weighted by atomic mass is 35.5. The summed E-state index contributed by atoms with van der Waals surface area (Å²) in [5.74, 6) is -0.190. The third kappa shape index (κ3) is 5.04. The number of aryl methyl sites for hydroxylation is 1. The maximum atomic E-state index is 11.8. The van der Waals surface area contributed by atoms with E-state index in [4.69, 9.17) is 16.3 Å². The topological polar surface area (TPSA) is 58.6 Å². The van der Waals surface area contributed by atoms with Gasteiger partial charge in [-0.15, -0.1) is 0 Å². The molecule has 1 atom stereocenters. The molecule has 5 heteroatoms. The molecule has 1 aromatic carbocycles. The summed E-state index contributed by atoms with van der Waals surface area (Å²) in [6.45, 7) is 2.55. The first kappa shape index (κ1) is 15.0. The fraction of sp³-hybridized carbons (Fsp3) is 0.462. The van der Waals surface area contributed by atoms with Gasteiger partial charge in [-0.2, -0.15) is 0 Å². The van der Waals surface area contributed by atoms with Crippen LogP contribution in [0.15, 0.2) is 18.2 Å². The van der Waals surface area contributed by atoms with Crippen LogP contribution in [0.4, 0.5) is 0 Å². The molecular formula is C13H18ClNO3. The average Bonchev–Trinajstić information content (AvgIpc) is 2.27. The molecule has 0 bridgehead atoms. The molecule has 0 aliphatic heterocycles. The maximum Gasteiger partial charge on any atom is 0.251 e. The van der Waals surface area contributed by atoms with Crippen molar-refractivity contribution in [1.82, 2.24) is 5.32 Å². The van der Waals surface area contributed by atoms with E-state index in [9.17, 15) is 9.90 Å². The summed E-state index contributed by atoms with van der Waals surface area (Å²) in [7, 11) is 1.52. The number of halogens is 1. The molecule has 0 saturated carbocycles. The van der Waals surface area contributed by atoms with Gasteiger partial charge >= 0.3 is 0 Å². The maximum absolute atomic E-state index is 11.8. The van der Waals surface area contributed by atoms with E-state index in [0.717, 1.165) is 5.56 Å². The molecule has 1 unspecified atom stereocenters. The second-order valence-corrected chi connectivity index (χ2v) is 4.61. The summed E-state index contributed by atoms with van der Waals surface area (Å²) in [4.78, 5) is 11.8. The second kappa shape index (κ2) is 7.36. The number of benzene rings is 1. The standard InChI is InChI=1S/C13H18ClNO3/c1-9-5-10(7-11(14)6-9)13(17)15-4-3-12(16)8-18-2/h5-7,12,16H,3-4,8H2,1-2H3,(H,15,17). The molecular weight excluding hydrogens is 254 g/mol. The van der Waals surface area contributed by atoms with Gasteiger partial charge in [-0.25, -0.2) is 0 Å². The number of methoxy groups -OCH3 is 1. The zero-order valence-electron chi connectivity index (χ0n) is 10.6. The van der Waals surface area contributed by atoms with E-state index in [-0.39, 0.29) is 12.5 Å². The number of aliphatic hydroxyl groups excluding tert-OH is 1. The van der Waals surface area contributed by atoms with Crippen molar-refractivity contribution in [3.8, 4) is 0 Å². The summed E-state index contributed by atoms with van der Waals surface area (Å²) in [6.07, 6.45) is -0.101. The van der Waals surface area contributed by atoms with Gasteiger partial charge in [0.1, 0.15) is 0 Å². The molecule has 0 heterocycles. The first-order chi connectivity index (χ1) is 8.52. The van der Waals surface area contributed by atoms with Crippen LogP contribution in [0, 0.1) is 6.92 Å². The van der Waals surface area contributed by atoms with Gasteiger partial charge in [-0.05, 0) is 37.1 Å². The predicted molar refractivity (Wildman–Crippen MR) is 71.0 cm³/mol. The van der Waals surface area contributed by atoms with Crippen molar-refractivity contribution in [2.45, 2.75) is 19.4 Å². The van der Waals surface area contributed by atoms with Crippen molar-refractivity contribution < 1.29 is 14.6 Å². The first-order valence-corrected chi connectivity index (χ1v) is 6.13. The third-order valence-electron chi connectivity index (χ3n) is 2.43. The lowest BCUT2D eigenvalue weighted by Gasteiger charge is -2.10. The molecule has 0 fully saturated rings. The summed E-state index contributed by atoms with van der Waals surface area (Å²) in [6, 6.07) is 5.18. The molecule has 1 amide bonds. The zero-order chi connectivity index (χ0) is 13.5. The lowest BCUT2D eigenvalue weighted by atomic mass is 10.1. The number of ether oxygens (including phenoxy) is 1. The molecule has 0 radical (unpaired) electrons. The highest BCUT2D eigenvalue weighted by Gasteiger charge is 2.08. The normalized spacial score (nSPS) is 12.2. The number of hydrogen-bond acceptors (Lipinski definition) is 3. The number of carbonyl (C=O) groups is 1. The number of aliphatic hydroxyl groups is 1. The minimum atomic E-state index is -0.559. The summed E-state index contributed by atoms with van der Waals surface area (Å²) in [5, 5.41) is 12.7. The van der Waals surface area contributed by atoms with Crippen LogP contribution in [0.1, 0.15) is 22.3 Å². The van der Waals surface area contributed by atoms with Gasteiger partial charge < -0.3 is 15.2 Å². The van der Waals surface area contributed by atoms with Gasteiger partial charge in [0.05, 0.1) is 12.7 Å². The van der Waals surface area contributed by atoms with Crippen LogP contribution in [0.3, 0.4) is 0 Å². The Morgan fingerprint density at radius 1 is 1.50 bits per heavy atom. The minimum Gasteiger partial charge on any atom is -0.391 e. The molecule has 0 aliphatic carbocycles. The fourth-order valence-electron chi connectivity index (χ4n) is 1.60. The summed E-state index contributed by atoms with van der Waals surface area (Å²) in [5.41, 5.74) is 1.47. The fourth-order valence-corrected chi connectivity index (χ4v) is 1.89. The molecule has 1 aromatic rings. The van der Waals surface area contributed by atoms with Crippen LogP contribution in [0.5, 0.6) is 0 Å². The lowest BCUT2D eigenvalue weighted by Crippen LogP contribution is -2.28. The van der Waals surface area contributed by atoms with Crippen LogP contribution in [0.2, 0.25) is 5.02 Å². The Morgan fingerprint density at radius 2 is 2.22 bits per heavy atom. The van der Waals surface area contributed by atoms with E-state index >= 15 is 0 Å². The van der Waals surface area contributed by atoms with E-state index in [1.54, 1.807) is 18.2 Å². The Kier molecular flexibility index (Phi) is 6.12. The second-order valence-electron chi connectivity index (χ2n) is 4.17. The summed E-state index contributed by atoms with van der Waals surface area (Å²) >= 11 is 5.88. The first-order valence-electron chi connectivity index (χ1n) is 5.75. The van der Waals surface area contributed by atoms with Gasteiger partial charge in [0, 0.05) is 24.2 Å². The molecule has 2 N–H and O–H groups in total. The predicted octanol–water partition coefficient (Wildman–Crippen LogP) is 1.78. The van der Waals surface area contributed by atoms with Crippen molar-refractivity contribution in [3.05, 3.63) is 34.3 Å². The number of carbonyl (C=O) groups excluding carboxylic acids is 1. The van der Waals surface area contributed by atoms with E-state index in [2.05, 4.69) is 5.32 Å². The number of nitrogens with one attached hydrogen (secondary N) is 1. The number of rotatable bonds is 6. The zero-order valence-corrected chi connectivity index (χ0v) is 11.3. The van der Waals surface area contributed by atoms with Crippen LogP contribution in [0.25, 0.3) is 0 Å². The van der Waals surface area contributed by atoms with Crippen LogP contribution in [-0.2, 0) is 4.74 Å². The highest BCUT2D eigenvalue weighted by molar-refractivity contribution is 6.31. The van der Waals surface area contributed by atoms with Gasteiger partial charge in [0.25, 0.3) is 5.91 Å². The number of hydrogen-bond donors (Lipinski definition) is 2. The largest absolute Gasteiger partial charge is 0.391 e. The molecule has 0 aromatic heterocycles. The van der Waals surface area contributed by atoms with Gasteiger partial charge in [0.15, 0.2) is 0 Å². The van der Waals surface area contributed by atoms with Crippen LogP contribution in [-0.4, -0.2) is 37.4 Å². The summed E-state index contributed by atoms with van der Waals surface area (Å²) < 4.78 is 4.80. The van der Waals surface area contributed by atoms with E-state index in [1.165, 1.54) is 7.11 Å². The van der Waals surface area contributed by atoms with Crippen LogP contribution >= 0.6 is 11.6 Å². The Hall–Kier alpha value is -1.10. The molecule has 18 heavy (non-hydrogen) atoms. The monoisotopic (exact) mass is 271 g/mol. The van der Waals surface area contributed by atoms with E-state index in [1.807, 2.05) is 6.92 Å². The van der Waals surface area contributed by atoms with Gasteiger partial charge in [-0.3, -0.25) is 4.79 Å². The molecule has 1 rings (SSSR count). The Bertz CT molecular complexity index is 389. The Morgan fingerprint density at radius 3 is 2.83 bits per heavy atom. The smallest absolute Gasteiger partial charge is 0.251 e. The van der Waals surface area contributed by atoms with Crippen molar-refractivity contribution in [1.29, 1.82) is 0 Å². The van der Waals surface area contributed by atoms with Gasteiger partial charge in [-0.1, -0.05) is 11.6 Å². The lowest BCUT2D eigenvalue weighted by molar-refractivity contribution is 0.0587. The van der Waals surface area contributed by atoms with Crippen LogP contribution < -0.4 is 5.32 Å². The molecule has 0 saturated heterocycles. The molecule has 0 spiro atoms. The number of amides is 1. The van der Waals surface area contributed by atoms with E-state index in [0.29, 0.717) is 23.6 Å². The minimum absolute atomic E-state index is 0.190. The SMILES string of the molecule is COCC(O)CCNC(=O)c1cc(C)cc(Cl)c1. The third-order valence-corrected chi connectivity index (χ3v) is 2.64.